The van der Waals surface area contributed by atoms with E-state index in [0.29, 0.717) is 5.69 Å². The highest BCUT2D eigenvalue weighted by Crippen LogP contribution is 2.27. The molecular weight excluding hydrogens is 276 g/mol. The lowest BCUT2D eigenvalue weighted by molar-refractivity contribution is -0.112. The van der Waals surface area contributed by atoms with Gasteiger partial charge in [0.2, 0.25) is 0 Å². The van der Waals surface area contributed by atoms with Crippen LogP contribution in [-0.2, 0) is 4.79 Å². The fraction of sp³-hybridized carbons (Fsp3) is 0.222. The molecule has 4 heteroatoms. The highest BCUT2D eigenvalue weighted by atomic mass is 16.3. The van der Waals surface area contributed by atoms with Crippen molar-refractivity contribution in [3.05, 3.63) is 53.8 Å². The molecule has 0 aliphatic carbocycles. The van der Waals surface area contributed by atoms with Crippen molar-refractivity contribution < 1.29 is 9.90 Å². The molecule has 2 rings (SSSR count). The lowest BCUT2D eigenvalue weighted by Gasteiger charge is -2.18. The van der Waals surface area contributed by atoms with E-state index in [0.717, 1.165) is 10.8 Å². The molecule has 22 heavy (non-hydrogen) atoms. The number of rotatable bonds is 2. The number of hydrogen-bond donors (Lipinski definition) is 2. The molecule has 0 aromatic heterocycles. The van der Waals surface area contributed by atoms with Gasteiger partial charge in [0.05, 0.1) is 0 Å². The van der Waals surface area contributed by atoms with Crippen LogP contribution in [0.5, 0.6) is 0 Å². The second kappa shape index (κ2) is 5.90. The summed E-state index contributed by atoms with van der Waals surface area (Å²) in [6.07, 6.45) is 0. The van der Waals surface area contributed by atoms with E-state index < -0.39 is 11.3 Å². The highest BCUT2D eigenvalue weighted by molar-refractivity contribution is 6.11. The number of nitrogens with zero attached hydrogens (tertiary/aromatic N) is 1. The first-order valence-corrected chi connectivity index (χ1v) is 6.97. The van der Waals surface area contributed by atoms with Gasteiger partial charge in [-0.25, -0.2) is 0 Å². The smallest absolute Gasteiger partial charge is 0.269 e. The summed E-state index contributed by atoms with van der Waals surface area (Å²) in [5, 5.41) is 23.9. The maximum atomic E-state index is 12.3. The summed E-state index contributed by atoms with van der Waals surface area (Å²) < 4.78 is 0. The number of carbonyl (C=O) groups is 1. The number of aliphatic hydroxyl groups excluding tert-OH is 1. The molecule has 1 amide bonds. The van der Waals surface area contributed by atoms with Crippen LogP contribution in [0.25, 0.3) is 10.8 Å². The van der Waals surface area contributed by atoms with Gasteiger partial charge in [-0.1, -0.05) is 57.2 Å². The van der Waals surface area contributed by atoms with Crippen LogP contribution in [0.15, 0.2) is 53.8 Å². The number of hydrogen-bond acceptors (Lipinski definition) is 3. The lowest BCUT2D eigenvalue weighted by atomic mass is 9.90. The molecule has 0 heterocycles. The largest absolute Gasteiger partial charge is 0.510 e. The van der Waals surface area contributed by atoms with Crippen molar-refractivity contribution in [3.63, 3.8) is 0 Å². The minimum absolute atomic E-state index is 0.215. The molecule has 2 aromatic rings. The van der Waals surface area contributed by atoms with Gasteiger partial charge in [-0.15, -0.1) is 0 Å². The predicted octanol–water partition coefficient (Wildman–Crippen LogP) is 4.16. The molecule has 2 N–H and O–H groups in total. The van der Waals surface area contributed by atoms with Crippen molar-refractivity contribution in [2.75, 3.05) is 5.32 Å². The molecule has 2 aromatic carbocycles. The Labute approximate surface area is 129 Å². The molecule has 0 saturated carbocycles. The minimum atomic E-state index is -0.666. The van der Waals surface area contributed by atoms with E-state index in [4.69, 9.17) is 0 Å². The maximum absolute atomic E-state index is 12.3. The topological polar surface area (TPSA) is 73.1 Å². The van der Waals surface area contributed by atoms with Gasteiger partial charge in [0, 0.05) is 16.5 Å². The third-order valence-corrected chi connectivity index (χ3v) is 3.32. The average Bonchev–Trinajstić information content (AvgIpc) is 2.47. The van der Waals surface area contributed by atoms with Crippen molar-refractivity contribution in [2.45, 2.75) is 20.8 Å². The zero-order valence-corrected chi connectivity index (χ0v) is 12.8. The summed E-state index contributed by atoms with van der Waals surface area (Å²) in [6, 6.07) is 15.0. The zero-order valence-electron chi connectivity index (χ0n) is 12.8. The molecule has 0 spiro atoms. The molecule has 4 nitrogen and oxygen atoms in total. The first-order valence-electron chi connectivity index (χ1n) is 6.97. The van der Waals surface area contributed by atoms with Crippen LogP contribution in [0.3, 0.4) is 0 Å². The molecule has 0 aliphatic rings. The molecule has 0 bridgehead atoms. The first-order chi connectivity index (χ1) is 10.3. The Morgan fingerprint density at radius 3 is 2.41 bits per heavy atom. The number of anilines is 1. The predicted molar refractivity (Wildman–Crippen MR) is 87.3 cm³/mol. The second-order valence-electron chi connectivity index (χ2n) is 6.07. The molecule has 0 radical (unpaired) electrons. The molecule has 0 aliphatic heterocycles. The number of amides is 1. The average molecular weight is 294 g/mol. The van der Waals surface area contributed by atoms with Crippen molar-refractivity contribution in [2.24, 2.45) is 5.41 Å². The van der Waals surface area contributed by atoms with E-state index in [9.17, 15) is 15.2 Å². The van der Waals surface area contributed by atoms with E-state index in [1.165, 1.54) is 0 Å². The molecule has 112 valence electrons. The van der Waals surface area contributed by atoms with E-state index in [2.05, 4.69) is 5.32 Å². The zero-order chi connectivity index (χ0) is 16.3. The summed E-state index contributed by atoms with van der Waals surface area (Å²) in [5.74, 6) is -0.820. The van der Waals surface area contributed by atoms with Crippen LogP contribution in [0.4, 0.5) is 5.69 Å². The van der Waals surface area contributed by atoms with Crippen LogP contribution >= 0.6 is 0 Å². The maximum Gasteiger partial charge on any atom is 0.269 e. The fourth-order valence-corrected chi connectivity index (χ4v) is 2.11. The van der Waals surface area contributed by atoms with E-state index >= 15 is 0 Å². The van der Waals surface area contributed by atoms with Crippen LogP contribution in [0.2, 0.25) is 0 Å². The van der Waals surface area contributed by atoms with Crippen molar-refractivity contribution in [1.29, 1.82) is 5.26 Å². The highest BCUT2D eigenvalue weighted by Gasteiger charge is 2.25. The molecule has 0 atom stereocenters. The standard InChI is InChI=1S/C18H18N2O2/c1-18(2,3)16(21)14(11-19)17(22)20-15-10-6-8-12-7-4-5-9-13(12)15/h4-10,21H,1-3H3,(H,20,22)/b16-14-. The van der Waals surface area contributed by atoms with Gasteiger partial charge in [-0.2, -0.15) is 5.26 Å². The SMILES string of the molecule is CC(C)(C)/C(O)=C(\C#N)C(=O)Nc1cccc2ccccc12. The lowest BCUT2D eigenvalue weighted by Crippen LogP contribution is -2.20. The van der Waals surface area contributed by atoms with Crippen LogP contribution < -0.4 is 5.32 Å². The number of nitriles is 1. The summed E-state index contributed by atoms with van der Waals surface area (Å²) in [5.41, 5.74) is -0.320. The van der Waals surface area contributed by atoms with E-state index in [1.807, 2.05) is 36.4 Å². The van der Waals surface area contributed by atoms with Gasteiger partial charge in [-0.05, 0) is 11.5 Å². The van der Waals surface area contributed by atoms with Gasteiger partial charge < -0.3 is 10.4 Å². The number of nitrogens with one attached hydrogen (secondary N) is 1. The van der Waals surface area contributed by atoms with E-state index in [1.54, 1.807) is 32.9 Å². The Kier molecular flexibility index (Phi) is 4.18. The van der Waals surface area contributed by atoms with Gasteiger partial charge in [0.1, 0.15) is 11.8 Å². The summed E-state index contributed by atoms with van der Waals surface area (Å²) in [7, 11) is 0. The number of benzene rings is 2. The summed E-state index contributed by atoms with van der Waals surface area (Å²) in [4.78, 5) is 12.3. The number of fused-ring (bicyclic) bond motifs is 1. The monoisotopic (exact) mass is 294 g/mol. The first kappa shape index (κ1) is 15.6. The normalized spacial score (nSPS) is 12.5. The number of aliphatic hydroxyl groups is 1. The van der Waals surface area contributed by atoms with Gasteiger partial charge >= 0.3 is 0 Å². The molecular formula is C18H18N2O2. The van der Waals surface area contributed by atoms with Crippen LogP contribution in [0.1, 0.15) is 20.8 Å². The Morgan fingerprint density at radius 1 is 1.14 bits per heavy atom. The van der Waals surface area contributed by atoms with Crippen LogP contribution in [-0.4, -0.2) is 11.0 Å². The molecule has 0 fully saturated rings. The number of allylic oxidation sites excluding steroid dienone is 1. The number of carbonyl (C=O) groups excluding carboxylic acids is 1. The van der Waals surface area contributed by atoms with Gasteiger partial charge in [0.25, 0.3) is 5.91 Å². The third-order valence-electron chi connectivity index (χ3n) is 3.32. The third kappa shape index (κ3) is 3.09. The van der Waals surface area contributed by atoms with Crippen molar-refractivity contribution in [1.82, 2.24) is 0 Å². The molecule has 0 saturated heterocycles. The molecule has 0 unspecified atom stereocenters. The summed E-state index contributed by atoms with van der Waals surface area (Å²) >= 11 is 0. The Bertz CT molecular complexity index is 787. The Balaban J connectivity index is 2.41. The summed E-state index contributed by atoms with van der Waals surface area (Å²) in [6.45, 7) is 5.22. The van der Waals surface area contributed by atoms with Gasteiger partial charge in [-0.3, -0.25) is 4.79 Å². The van der Waals surface area contributed by atoms with Crippen molar-refractivity contribution in [3.8, 4) is 6.07 Å². The van der Waals surface area contributed by atoms with Crippen molar-refractivity contribution >= 4 is 22.4 Å². The Hall–Kier alpha value is -2.80. The fourth-order valence-electron chi connectivity index (χ4n) is 2.11. The van der Waals surface area contributed by atoms with E-state index in [-0.39, 0.29) is 11.3 Å². The minimum Gasteiger partial charge on any atom is -0.510 e. The Morgan fingerprint density at radius 2 is 1.77 bits per heavy atom. The second-order valence-corrected chi connectivity index (χ2v) is 6.07. The quantitative estimate of drug-likeness (QED) is 0.496. The van der Waals surface area contributed by atoms with Gasteiger partial charge in [0.15, 0.2) is 5.57 Å². The van der Waals surface area contributed by atoms with Crippen LogP contribution in [0, 0.1) is 16.7 Å².